The molecule has 36 heavy (non-hydrogen) atoms. The fraction of sp³-hybridized carbons (Fsp3) is 0.320. The molecule has 9 nitrogen and oxygen atoms in total. The van der Waals surface area contributed by atoms with Gasteiger partial charge in [-0.05, 0) is 30.3 Å². The number of anilines is 3. The van der Waals surface area contributed by atoms with Crippen LogP contribution in [-0.2, 0) is 19.0 Å². The van der Waals surface area contributed by atoms with Crippen molar-refractivity contribution in [1.82, 2.24) is 9.97 Å². The maximum absolute atomic E-state index is 12.0. The van der Waals surface area contributed by atoms with Crippen LogP contribution in [0.3, 0.4) is 0 Å². The van der Waals surface area contributed by atoms with Crippen LogP contribution in [-0.4, -0.2) is 68.8 Å². The summed E-state index contributed by atoms with van der Waals surface area (Å²) in [6.45, 7) is 5.14. The number of amides is 1. The maximum atomic E-state index is 12.0. The lowest BCUT2D eigenvalue weighted by molar-refractivity contribution is -0.111. The summed E-state index contributed by atoms with van der Waals surface area (Å²) in [4.78, 5) is 20.8. The summed E-state index contributed by atoms with van der Waals surface area (Å²) in [5.41, 5.74) is 1.93. The Balaban J connectivity index is 1.62. The first-order valence-electron chi connectivity index (χ1n) is 11.3. The Labute approximate surface area is 217 Å². The average molecular weight is 563 g/mol. The smallest absolute Gasteiger partial charge is 0.247 e. The molecule has 3 rings (SSSR count). The molecule has 0 radical (unpaired) electrons. The molecule has 2 aromatic carbocycles. The summed E-state index contributed by atoms with van der Waals surface area (Å²) in [7, 11) is 0. The highest BCUT2D eigenvalue weighted by Gasteiger charge is 2.13. The number of carbonyl (C=O) groups is 1. The molecule has 1 heterocycles. The van der Waals surface area contributed by atoms with E-state index in [4.69, 9.17) is 18.9 Å². The number of fused-ring (bicyclic) bond motifs is 1. The van der Waals surface area contributed by atoms with Gasteiger partial charge in [0.2, 0.25) is 5.91 Å². The fourth-order valence-electron chi connectivity index (χ4n) is 3.09. The summed E-state index contributed by atoms with van der Waals surface area (Å²) in [6, 6.07) is 11.2. The van der Waals surface area contributed by atoms with Crippen molar-refractivity contribution >= 4 is 49.9 Å². The lowest BCUT2D eigenvalue weighted by Crippen LogP contribution is -2.14. The van der Waals surface area contributed by atoms with Crippen molar-refractivity contribution in [3.63, 3.8) is 0 Å². The first kappa shape index (κ1) is 27.5. The molecule has 192 valence electrons. The van der Waals surface area contributed by atoms with E-state index in [-0.39, 0.29) is 19.1 Å². The topological polar surface area (TPSA) is 104 Å². The standard InChI is InChI=1S/C25H28BrFN4O5/c1-2-24(32)31-22-15-20-21(28-17-29-25(20)30-19-5-3-4-18(26)14-19)16-23(22)36-13-12-35-11-10-34-9-8-33-7-6-27/h2-5,14-17H,1,6-13H2,(H,31,32)(H,28,29,30). The molecule has 0 spiro atoms. The highest BCUT2D eigenvalue weighted by Crippen LogP contribution is 2.33. The van der Waals surface area contributed by atoms with Gasteiger partial charge in [0.05, 0.1) is 50.8 Å². The molecule has 0 saturated carbocycles. The highest BCUT2D eigenvalue weighted by molar-refractivity contribution is 9.10. The van der Waals surface area contributed by atoms with Crippen LogP contribution in [0.1, 0.15) is 0 Å². The Kier molecular flexibility index (Phi) is 11.5. The third kappa shape index (κ3) is 8.83. The minimum atomic E-state index is -0.504. The van der Waals surface area contributed by atoms with E-state index in [1.54, 1.807) is 12.1 Å². The second-order valence-corrected chi connectivity index (χ2v) is 8.21. The van der Waals surface area contributed by atoms with Crippen molar-refractivity contribution in [2.24, 2.45) is 0 Å². The van der Waals surface area contributed by atoms with Gasteiger partial charge in [-0.25, -0.2) is 14.4 Å². The van der Waals surface area contributed by atoms with Gasteiger partial charge in [0, 0.05) is 21.6 Å². The summed E-state index contributed by atoms with van der Waals surface area (Å²) in [5.74, 6) is 0.647. The van der Waals surface area contributed by atoms with Gasteiger partial charge in [-0.1, -0.05) is 28.6 Å². The van der Waals surface area contributed by atoms with Crippen LogP contribution in [0.25, 0.3) is 10.9 Å². The van der Waals surface area contributed by atoms with Crippen molar-refractivity contribution in [3.05, 3.63) is 59.9 Å². The number of carbonyl (C=O) groups excluding carboxylic acids is 1. The lowest BCUT2D eigenvalue weighted by atomic mass is 10.1. The molecule has 0 atom stereocenters. The van der Waals surface area contributed by atoms with Gasteiger partial charge in [-0.15, -0.1) is 0 Å². The number of hydrogen-bond donors (Lipinski definition) is 2. The van der Waals surface area contributed by atoms with Gasteiger partial charge in [-0.2, -0.15) is 0 Å². The zero-order valence-electron chi connectivity index (χ0n) is 19.7. The molecule has 3 aromatic rings. The number of nitrogens with one attached hydrogen (secondary N) is 2. The normalized spacial score (nSPS) is 10.8. The minimum Gasteiger partial charge on any atom is -0.489 e. The van der Waals surface area contributed by atoms with Gasteiger partial charge in [0.1, 0.15) is 31.2 Å². The van der Waals surface area contributed by atoms with Crippen molar-refractivity contribution in [2.45, 2.75) is 0 Å². The van der Waals surface area contributed by atoms with Gasteiger partial charge < -0.3 is 29.6 Å². The van der Waals surface area contributed by atoms with E-state index < -0.39 is 6.67 Å². The Morgan fingerprint density at radius 2 is 1.72 bits per heavy atom. The predicted molar refractivity (Wildman–Crippen MR) is 140 cm³/mol. The predicted octanol–water partition coefficient (Wildman–Crippen LogP) is 4.66. The largest absolute Gasteiger partial charge is 0.489 e. The van der Waals surface area contributed by atoms with Gasteiger partial charge in [-0.3, -0.25) is 4.79 Å². The van der Waals surface area contributed by atoms with Crippen molar-refractivity contribution < 1.29 is 28.1 Å². The average Bonchev–Trinajstić information content (AvgIpc) is 2.87. The van der Waals surface area contributed by atoms with E-state index in [9.17, 15) is 9.18 Å². The first-order valence-corrected chi connectivity index (χ1v) is 12.1. The number of rotatable bonds is 16. The number of hydrogen-bond acceptors (Lipinski definition) is 8. The lowest BCUT2D eigenvalue weighted by Gasteiger charge is -2.15. The van der Waals surface area contributed by atoms with Crippen molar-refractivity contribution in [1.29, 1.82) is 0 Å². The molecule has 2 N–H and O–H groups in total. The number of benzene rings is 2. The van der Waals surface area contributed by atoms with E-state index in [1.807, 2.05) is 24.3 Å². The Bertz CT molecular complexity index is 1150. The van der Waals surface area contributed by atoms with Crippen LogP contribution in [0.5, 0.6) is 5.75 Å². The summed E-state index contributed by atoms with van der Waals surface area (Å²) >= 11 is 3.46. The zero-order chi connectivity index (χ0) is 25.6. The zero-order valence-corrected chi connectivity index (χ0v) is 21.3. The molecule has 0 saturated heterocycles. The number of nitrogens with zero attached hydrogens (tertiary/aromatic N) is 2. The summed E-state index contributed by atoms with van der Waals surface area (Å²) in [5, 5.41) is 6.76. The van der Waals surface area contributed by atoms with Crippen molar-refractivity contribution in [2.75, 3.05) is 63.6 Å². The molecular weight excluding hydrogens is 535 g/mol. The van der Waals surface area contributed by atoms with Crippen LogP contribution >= 0.6 is 15.9 Å². The van der Waals surface area contributed by atoms with E-state index in [1.165, 1.54) is 12.4 Å². The Morgan fingerprint density at radius 3 is 2.42 bits per heavy atom. The second-order valence-electron chi connectivity index (χ2n) is 7.29. The minimum absolute atomic E-state index is 0.0794. The number of halogens is 2. The van der Waals surface area contributed by atoms with Crippen LogP contribution in [0.4, 0.5) is 21.6 Å². The molecule has 0 bridgehead atoms. The molecule has 1 amide bonds. The molecule has 0 fully saturated rings. The third-order valence-electron chi connectivity index (χ3n) is 4.72. The van der Waals surface area contributed by atoms with E-state index >= 15 is 0 Å². The Hall–Kier alpha value is -3.12. The van der Waals surface area contributed by atoms with Crippen LogP contribution < -0.4 is 15.4 Å². The summed E-state index contributed by atoms with van der Waals surface area (Å²) < 4.78 is 34.6. The highest BCUT2D eigenvalue weighted by atomic mass is 79.9. The van der Waals surface area contributed by atoms with Gasteiger partial charge >= 0.3 is 0 Å². The van der Waals surface area contributed by atoms with Crippen molar-refractivity contribution in [3.8, 4) is 5.75 Å². The molecule has 0 aliphatic carbocycles. The van der Waals surface area contributed by atoms with Crippen LogP contribution in [0, 0.1) is 0 Å². The summed E-state index contributed by atoms with van der Waals surface area (Å²) in [6.07, 6.45) is 2.64. The molecular formula is C25H28BrFN4O5. The SMILES string of the molecule is C=CC(=O)Nc1cc2c(Nc3cccc(Br)c3)ncnc2cc1OCCOCCOCCOCCF. The van der Waals surface area contributed by atoms with Gasteiger partial charge in [0.25, 0.3) is 0 Å². The third-order valence-corrected chi connectivity index (χ3v) is 5.21. The molecule has 1 aromatic heterocycles. The first-order chi connectivity index (χ1) is 17.6. The number of aromatic nitrogens is 2. The number of alkyl halides is 1. The van der Waals surface area contributed by atoms with Crippen LogP contribution in [0.2, 0.25) is 0 Å². The molecule has 0 aliphatic heterocycles. The molecule has 0 aliphatic rings. The quantitative estimate of drug-likeness (QED) is 0.192. The monoisotopic (exact) mass is 562 g/mol. The maximum Gasteiger partial charge on any atom is 0.247 e. The number of ether oxygens (including phenoxy) is 4. The molecule has 0 unspecified atom stereocenters. The Morgan fingerprint density at radius 1 is 1.00 bits per heavy atom. The van der Waals surface area contributed by atoms with E-state index in [2.05, 4.69) is 43.1 Å². The molecule has 11 heteroatoms. The fourth-order valence-corrected chi connectivity index (χ4v) is 3.49. The van der Waals surface area contributed by atoms with Gasteiger partial charge in [0.15, 0.2) is 0 Å². The second kappa shape index (κ2) is 15.1. The van der Waals surface area contributed by atoms with Crippen LogP contribution in [0.15, 0.2) is 59.9 Å². The van der Waals surface area contributed by atoms with E-state index in [0.29, 0.717) is 61.2 Å². The van der Waals surface area contributed by atoms with E-state index in [0.717, 1.165) is 10.2 Å².